The van der Waals surface area contributed by atoms with Crippen molar-refractivity contribution in [1.29, 1.82) is 0 Å². The van der Waals surface area contributed by atoms with E-state index in [0.717, 1.165) is 9.96 Å². The fraction of sp³-hybridized carbons (Fsp3) is 0.379. The quantitative estimate of drug-likeness (QED) is 0.328. The van der Waals surface area contributed by atoms with Gasteiger partial charge in [0, 0.05) is 24.9 Å². The van der Waals surface area contributed by atoms with Gasteiger partial charge in [0.1, 0.15) is 10.5 Å². The maximum absolute atomic E-state index is 13.9. The number of carbonyl (C=O) groups is 1. The van der Waals surface area contributed by atoms with Crippen molar-refractivity contribution in [2.75, 3.05) is 6.54 Å². The smallest absolute Gasteiger partial charge is 0.452 e. The number of benzene rings is 1. The molecule has 1 aliphatic heterocycles. The van der Waals surface area contributed by atoms with Gasteiger partial charge >= 0.3 is 12.1 Å². The molecule has 6 rings (SSSR count). The van der Waals surface area contributed by atoms with Crippen molar-refractivity contribution in [3.8, 4) is 5.88 Å². The molecule has 0 radical (unpaired) electrons. The number of hydrogen-bond donors (Lipinski definition) is 1. The van der Waals surface area contributed by atoms with Gasteiger partial charge in [0.2, 0.25) is 21.7 Å². The van der Waals surface area contributed by atoms with Crippen LogP contribution in [0, 0.1) is 20.8 Å². The van der Waals surface area contributed by atoms with Crippen LogP contribution in [0.4, 0.5) is 13.2 Å². The molecule has 4 heterocycles. The Morgan fingerprint density at radius 2 is 1.88 bits per heavy atom. The van der Waals surface area contributed by atoms with Crippen molar-refractivity contribution in [1.82, 2.24) is 23.9 Å². The van der Waals surface area contributed by atoms with Crippen LogP contribution in [-0.4, -0.2) is 55.5 Å². The number of pyridine rings is 2. The summed E-state index contributed by atoms with van der Waals surface area (Å²) in [4.78, 5) is 16.3. The molecule has 3 aromatic heterocycles. The largest absolute Gasteiger partial charge is 0.481 e. The highest BCUT2D eigenvalue weighted by Gasteiger charge is 2.52. The molecule has 43 heavy (non-hydrogen) atoms. The molecule has 1 atom stereocenters. The van der Waals surface area contributed by atoms with Gasteiger partial charge in [0.05, 0.1) is 13.0 Å². The summed E-state index contributed by atoms with van der Waals surface area (Å²) in [5.41, 5.74) is 2.87. The van der Waals surface area contributed by atoms with E-state index in [4.69, 9.17) is 4.74 Å². The summed E-state index contributed by atoms with van der Waals surface area (Å²) in [6, 6.07) is 8.32. The second kappa shape index (κ2) is 10.0. The highest BCUT2D eigenvalue weighted by molar-refractivity contribution is 7.89. The topological polar surface area (TPSA) is 127 Å². The van der Waals surface area contributed by atoms with Crippen LogP contribution in [0.5, 0.6) is 5.88 Å². The van der Waals surface area contributed by atoms with Crippen LogP contribution in [0.3, 0.4) is 0 Å². The number of hydrogen-bond acceptors (Lipinski definition) is 7. The van der Waals surface area contributed by atoms with Gasteiger partial charge in [0.25, 0.3) is 0 Å². The van der Waals surface area contributed by atoms with Crippen molar-refractivity contribution in [2.45, 2.75) is 69.2 Å². The minimum atomic E-state index is -4.72. The molecule has 2 aliphatic rings. The second-order valence-corrected chi connectivity index (χ2v) is 13.2. The Balaban J connectivity index is 1.40. The number of rotatable bonds is 6. The standard InChI is InChI=1S/C29H28F3N5O5S/c1-16-10-23-26(33-13-16)42-28(7-8-28)15-36(43(23,40)41)14-20-11-19(5-4-17(20)2)22(12-24(38)39)21-6-9-37-25(18(21)3)34-35-27(37)29(30,31)32/h4-6,9-11,13,22H,7-8,12,14-15H2,1-3H3,(H,38,39). The van der Waals surface area contributed by atoms with E-state index in [0.29, 0.717) is 40.7 Å². The van der Waals surface area contributed by atoms with Crippen molar-refractivity contribution in [3.05, 3.63) is 81.9 Å². The number of carboxylic acid groups (broad SMARTS) is 1. The van der Waals surface area contributed by atoms with Gasteiger partial charge in [-0.2, -0.15) is 17.5 Å². The molecule has 10 nitrogen and oxygen atoms in total. The molecule has 14 heteroatoms. The Hall–Kier alpha value is -4.04. The molecular weight excluding hydrogens is 587 g/mol. The minimum absolute atomic E-state index is 0.00398. The third kappa shape index (κ3) is 5.22. The van der Waals surface area contributed by atoms with E-state index in [1.54, 1.807) is 44.3 Å². The number of carboxylic acids is 1. The van der Waals surface area contributed by atoms with Crippen molar-refractivity contribution < 1.29 is 36.2 Å². The van der Waals surface area contributed by atoms with E-state index >= 15 is 0 Å². The van der Waals surface area contributed by atoms with Gasteiger partial charge < -0.3 is 9.84 Å². The summed E-state index contributed by atoms with van der Waals surface area (Å²) in [5, 5.41) is 16.8. The molecule has 0 bridgehead atoms. The van der Waals surface area contributed by atoms with Gasteiger partial charge in [-0.25, -0.2) is 13.4 Å². The molecule has 1 spiro atoms. The first-order valence-corrected chi connectivity index (χ1v) is 15.0. The number of aliphatic carboxylic acids is 1. The molecule has 1 N–H and O–H groups in total. The Morgan fingerprint density at radius 3 is 2.56 bits per heavy atom. The molecule has 0 saturated heterocycles. The van der Waals surface area contributed by atoms with Gasteiger partial charge in [-0.1, -0.05) is 18.2 Å². The van der Waals surface area contributed by atoms with Crippen molar-refractivity contribution in [3.63, 3.8) is 0 Å². The normalized spacial score (nSPS) is 18.2. The fourth-order valence-corrected chi connectivity index (χ4v) is 7.28. The molecule has 0 amide bonds. The zero-order valence-electron chi connectivity index (χ0n) is 23.5. The molecule has 1 aliphatic carbocycles. The minimum Gasteiger partial charge on any atom is -0.481 e. The molecule has 1 fully saturated rings. The van der Waals surface area contributed by atoms with Crippen LogP contribution >= 0.6 is 0 Å². The van der Waals surface area contributed by atoms with Gasteiger partial charge in [-0.15, -0.1) is 10.2 Å². The SMILES string of the molecule is Cc1cnc2c(c1)S(=O)(=O)N(Cc1cc(C(CC(=O)O)c3ccn4c(C(F)(F)F)nnc4c3C)ccc1C)CC1(CC1)O2. The van der Waals surface area contributed by atoms with Crippen LogP contribution in [0.2, 0.25) is 0 Å². The highest BCUT2D eigenvalue weighted by atomic mass is 32.2. The average molecular weight is 616 g/mol. The van der Waals surface area contributed by atoms with E-state index < -0.39 is 39.5 Å². The summed E-state index contributed by atoms with van der Waals surface area (Å²) in [6.45, 7) is 5.32. The molecule has 226 valence electrons. The monoisotopic (exact) mass is 615 g/mol. The first-order valence-electron chi connectivity index (χ1n) is 13.6. The maximum atomic E-state index is 13.9. The lowest BCUT2D eigenvalue weighted by Crippen LogP contribution is -2.38. The fourth-order valence-electron chi connectivity index (χ4n) is 5.63. The van der Waals surface area contributed by atoms with Crippen LogP contribution < -0.4 is 4.74 Å². The van der Waals surface area contributed by atoms with Crippen LogP contribution in [0.1, 0.15) is 64.4 Å². The predicted molar refractivity (Wildman–Crippen MR) is 147 cm³/mol. The van der Waals surface area contributed by atoms with Crippen LogP contribution in [0.15, 0.2) is 47.6 Å². The number of ether oxygens (including phenoxy) is 1. The molecule has 4 aromatic rings. The average Bonchev–Trinajstić information content (AvgIpc) is 3.54. The van der Waals surface area contributed by atoms with E-state index in [1.807, 2.05) is 6.92 Å². The van der Waals surface area contributed by atoms with E-state index in [1.165, 1.54) is 16.6 Å². The van der Waals surface area contributed by atoms with Gasteiger partial charge in [-0.05, 0) is 79.1 Å². The zero-order chi connectivity index (χ0) is 30.9. The summed E-state index contributed by atoms with van der Waals surface area (Å²) in [5.74, 6) is -2.94. The predicted octanol–water partition coefficient (Wildman–Crippen LogP) is 4.79. The lowest BCUT2D eigenvalue weighted by Gasteiger charge is -2.25. The van der Waals surface area contributed by atoms with Gasteiger partial charge in [0.15, 0.2) is 5.65 Å². The van der Waals surface area contributed by atoms with E-state index in [9.17, 15) is 31.5 Å². The third-order valence-corrected chi connectivity index (χ3v) is 9.94. The number of halogens is 3. The Kier molecular flexibility index (Phi) is 6.77. The second-order valence-electron chi connectivity index (χ2n) is 11.3. The number of alkyl halides is 3. The summed E-state index contributed by atoms with van der Waals surface area (Å²) in [6.07, 6.45) is -0.929. The summed E-state index contributed by atoms with van der Waals surface area (Å²) < 4.78 is 76.3. The summed E-state index contributed by atoms with van der Waals surface area (Å²) in [7, 11) is -3.99. The summed E-state index contributed by atoms with van der Waals surface area (Å²) >= 11 is 0. The van der Waals surface area contributed by atoms with Crippen LogP contribution in [-0.2, 0) is 27.5 Å². The van der Waals surface area contributed by atoms with Crippen LogP contribution in [0.25, 0.3) is 5.65 Å². The molecule has 1 saturated carbocycles. The Labute approximate surface area is 245 Å². The number of aryl methyl sites for hydroxylation is 3. The number of sulfonamides is 1. The highest BCUT2D eigenvalue weighted by Crippen LogP contribution is 2.46. The number of nitrogens with zero attached hydrogens (tertiary/aromatic N) is 5. The first kappa shape index (κ1) is 29.1. The van der Waals surface area contributed by atoms with E-state index in [2.05, 4.69) is 15.2 Å². The van der Waals surface area contributed by atoms with Crippen molar-refractivity contribution in [2.24, 2.45) is 0 Å². The lowest BCUT2D eigenvalue weighted by atomic mass is 9.85. The Morgan fingerprint density at radius 1 is 1.14 bits per heavy atom. The third-order valence-electron chi connectivity index (χ3n) is 8.16. The lowest BCUT2D eigenvalue weighted by molar-refractivity contribution is -0.145. The molecule has 1 aromatic carbocycles. The van der Waals surface area contributed by atoms with Crippen molar-refractivity contribution >= 4 is 21.6 Å². The molecule has 1 unspecified atom stereocenters. The molecular formula is C29H28F3N5O5S. The van der Waals surface area contributed by atoms with E-state index in [-0.39, 0.29) is 35.9 Å². The zero-order valence-corrected chi connectivity index (χ0v) is 24.3. The van der Waals surface area contributed by atoms with Gasteiger partial charge in [-0.3, -0.25) is 9.20 Å². The number of aromatic nitrogens is 4. The maximum Gasteiger partial charge on any atom is 0.452 e. The number of fused-ring (bicyclic) bond motifs is 2. The Bertz CT molecular complexity index is 1890. The first-order chi connectivity index (χ1) is 20.2.